The number of hydrogen-bond donors (Lipinski definition) is 1. The first-order valence-electron chi connectivity index (χ1n) is 9.36. The van der Waals surface area contributed by atoms with Crippen molar-refractivity contribution in [2.24, 2.45) is 0 Å². The molecule has 1 aliphatic rings. The van der Waals surface area contributed by atoms with E-state index in [1.807, 2.05) is 43.0 Å². The summed E-state index contributed by atoms with van der Waals surface area (Å²) in [6.07, 6.45) is 1.99. The highest BCUT2D eigenvalue weighted by atomic mass is 35.5. The van der Waals surface area contributed by atoms with Crippen molar-refractivity contribution in [1.29, 1.82) is 0 Å². The third-order valence-corrected chi connectivity index (χ3v) is 5.80. The molecule has 3 rings (SSSR count). The number of halogens is 2. The van der Waals surface area contributed by atoms with Crippen molar-refractivity contribution in [3.63, 3.8) is 0 Å². The Morgan fingerprint density at radius 3 is 2.57 bits per heavy atom. The van der Waals surface area contributed by atoms with E-state index in [0.717, 1.165) is 59.4 Å². The molecule has 5 nitrogen and oxygen atoms in total. The summed E-state index contributed by atoms with van der Waals surface area (Å²) < 4.78 is 5.50. The number of hydrogen-bond acceptors (Lipinski definition) is 5. The van der Waals surface area contributed by atoms with Crippen LogP contribution in [0.2, 0.25) is 0 Å². The number of ether oxygens (including phenoxy) is 1. The predicted molar refractivity (Wildman–Crippen MR) is 121 cm³/mol. The minimum atomic E-state index is 0. The molecule has 0 bridgehead atoms. The first-order valence-corrected chi connectivity index (χ1v) is 10.2. The van der Waals surface area contributed by atoms with Gasteiger partial charge >= 0.3 is 0 Å². The van der Waals surface area contributed by atoms with Crippen LogP contribution in [0.4, 0.5) is 0 Å². The van der Waals surface area contributed by atoms with Crippen LogP contribution in [-0.2, 0) is 0 Å². The van der Waals surface area contributed by atoms with Gasteiger partial charge in [-0.15, -0.1) is 36.2 Å². The number of aromatic nitrogens is 1. The van der Waals surface area contributed by atoms with E-state index in [1.165, 1.54) is 11.3 Å². The molecule has 1 aromatic carbocycles. The number of nitrogens with zero attached hydrogens (tertiary/aromatic N) is 2. The Labute approximate surface area is 183 Å². The van der Waals surface area contributed by atoms with Gasteiger partial charge in [-0.2, -0.15) is 0 Å². The minimum Gasteiger partial charge on any atom is -0.494 e. The first kappa shape index (κ1) is 24.7. The van der Waals surface area contributed by atoms with Crippen LogP contribution in [0.15, 0.2) is 24.3 Å². The van der Waals surface area contributed by atoms with Crippen LogP contribution in [-0.4, -0.2) is 48.1 Å². The molecule has 0 saturated carbocycles. The zero-order valence-electron chi connectivity index (χ0n) is 16.6. The summed E-state index contributed by atoms with van der Waals surface area (Å²) in [4.78, 5) is 20.6. The Kier molecular flexibility index (Phi) is 10.2. The first-order chi connectivity index (χ1) is 12.6. The number of nitrogens with one attached hydrogen (secondary N) is 1. The standard InChI is InChI=1S/C20H27N3O2S.2ClH/c1-4-12-23(16-10-11-21-13-16)20(24)18-14(3)22-19(26-18)15-6-8-17(9-7-15)25-5-2;;/h6-9,16,21H,4-5,10-13H2,1-3H3;2*1H. The lowest BCUT2D eigenvalue weighted by Gasteiger charge is -2.27. The zero-order valence-corrected chi connectivity index (χ0v) is 19.0. The van der Waals surface area contributed by atoms with Gasteiger partial charge in [0.15, 0.2) is 0 Å². The number of carbonyl (C=O) groups is 1. The van der Waals surface area contributed by atoms with Gasteiger partial charge in [-0.05, 0) is 57.5 Å². The summed E-state index contributed by atoms with van der Waals surface area (Å²) in [6, 6.07) is 8.19. The van der Waals surface area contributed by atoms with Crippen LogP contribution in [0.25, 0.3) is 10.6 Å². The molecule has 1 aliphatic heterocycles. The molecule has 0 spiro atoms. The largest absolute Gasteiger partial charge is 0.494 e. The highest BCUT2D eigenvalue weighted by Crippen LogP contribution is 2.30. The fourth-order valence-electron chi connectivity index (χ4n) is 3.31. The summed E-state index contributed by atoms with van der Waals surface area (Å²) in [5.74, 6) is 0.969. The summed E-state index contributed by atoms with van der Waals surface area (Å²) in [7, 11) is 0. The monoisotopic (exact) mass is 445 g/mol. The minimum absolute atomic E-state index is 0. The maximum absolute atomic E-state index is 13.2. The summed E-state index contributed by atoms with van der Waals surface area (Å²) >= 11 is 1.49. The second kappa shape index (κ2) is 11.6. The van der Waals surface area contributed by atoms with Crippen LogP contribution in [0.1, 0.15) is 42.1 Å². The molecule has 1 unspecified atom stereocenters. The lowest BCUT2D eigenvalue weighted by molar-refractivity contribution is 0.0696. The summed E-state index contributed by atoms with van der Waals surface area (Å²) in [5, 5.41) is 4.24. The van der Waals surface area contributed by atoms with Crippen LogP contribution in [0, 0.1) is 6.92 Å². The van der Waals surface area contributed by atoms with Gasteiger partial charge in [0.2, 0.25) is 0 Å². The van der Waals surface area contributed by atoms with Gasteiger partial charge in [0.05, 0.1) is 12.3 Å². The third kappa shape index (κ3) is 5.60. The Morgan fingerprint density at radius 2 is 2.00 bits per heavy atom. The molecule has 8 heteroatoms. The molecule has 0 aliphatic carbocycles. The van der Waals surface area contributed by atoms with E-state index >= 15 is 0 Å². The fourth-order valence-corrected chi connectivity index (χ4v) is 4.33. The van der Waals surface area contributed by atoms with Crippen molar-refractivity contribution in [3.05, 3.63) is 34.8 Å². The average molecular weight is 446 g/mol. The summed E-state index contributed by atoms with van der Waals surface area (Å²) in [6.45, 7) is 9.33. The predicted octanol–water partition coefficient (Wildman–Crippen LogP) is 4.57. The average Bonchev–Trinajstić information content (AvgIpc) is 3.30. The molecule has 1 amide bonds. The molecule has 1 fully saturated rings. The Bertz CT molecular complexity index is 746. The normalized spacial score (nSPS) is 15.5. The maximum Gasteiger partial charge on any atom is 0.266 e. The molecule has 2 aromatic rings. The number of aryl methyl sites for hydroxylation is 1. The molecule has 1 saturated heterocycles. The lowest BCUT2D eigenvalue weighted by atomic mass is 10.2. The van der Waals surface area contributed by atoms with Crippen LogP contribution < -0.4 is 10.1 Å². The molecule has 28 heavy (non-hydrogen) atoms. The van der Waals surface area contributed by atoms with E-state index in [0.29, 0.717) is 6.61 Å². The van der Waals surface area contributed by atoms with E-state index in [4.69, 9.17) is 4.74 Å². The Morgan fingerprint density at radius 1 is 1.29 bits per heavy atom. The van der Waals surface area contributed by atoms with Crippen molar-refractivity contribution in [3.8, 4) is 16.3 Å². The highest BCUT2D eigenvalue weighted by molar-refractivity contribution is 7.17. The van der Waals surface area contributed by atoms with Crippen molar-refractivity contribution in [1.82, 2.24) is 15.2 Å². The van der Waals surface area contributed by atoms with Crippen molar-refractivity contribution in [2.75, 3.05) is 26.2 Å². The van der Waals surface area contributed by atoms with Gasteiger partial charge in [-0.3, -0.25) is 4.79 Å². The van der Waals surface area contributed by atoms with Crippen LogP contribution in [0.3, 0.4) is 0 Å². The zero-order chi connectivity index (χ0) is 18.5. The van der Waals surface area contributed by atoms with E-state index < -0.39 is 0 Å². The molecule has 156 valence electrons. The number of amides is 1. The number of thiazole rings is 1. The molecule has 2 heterocycles. The maximum atomic E-state index is 13.2. The molecule has 0 radical (unpaired) electrons. The Balaban J connectivity index is 0.00000196. The highest BCUT2D eigenvalue weighted by Gasteiger charge is 2.29. The molecule has 1 atom stereocenters. The van der Waals surface area contributed by atoms with Gasteiger partial charge in [0, 0.05) is 24.7 Å². The molecule has 1 N–H and O–H groups in total. The van der Waals surface area contributed by atoms with E-state index in [2.05, 4.69) is 17.2 Å². The van der Waals surface area contributed by atoms with Gasteiger partial charge in [-0.25, -0.2) is 4.98 Å². The van der Waals surface area contributed by atoms with Crippen molar-refractivity contribution in [2.45, 2.75) is 39.7 Å². The van der Waals surface area contributed by atoms with Crippen LogP contribution >= 0.6 is 36.2 Å². The number of benzene rings is 1. The molecular formula is C20H29Cl2N3O2S. The Hall–Kier alpha value is -1.34. The molecular weight excluding hydrogens is 417 g/mol. The smallest absolute Gasteiger partial charge is 0.266 e. The topological polar surface area (TPSA) is 54.5 Å². The van der Waals surface area contributed by atoms with Gasteiger partial charge < -0.3 is 15.0 Å². The number of rotatable bonds is 7. The van der Waals surface area contributed by atoms with Gasteiger partial charge in [0.1, 0.15) is 15.6 Å². The summed E-state index contributed by atoms with van der Waals surface area (Å²) in [5.41, 5.74) is 1.83. The SMILES string of the molecule is CCCN(C(=O)c1sc(-c2ccc(OCC)cc2)nc1C)C1CCNC1.Cl.Cl. The molecule has 1 aromatic heterocycles. The van der Waals surface area contributed by atoms with Crippen molar-refractivity contribution >= 4 is 42.1 Å². The lowest BCUT2D eigenvalue weighted by Crippen LogP contribution is -2.42. The van der Waals surface area contributed by atoms with Crippen molar-refractivity contribution < 1.29 is 9.53 Å². The quantitative estimate of drug-likeness (QED) is 0.677. The second-order valence-corrected chi connectivity index (χ2v) is 7.54. The van der Waals surface area contributed by atoms with Gasteiger partial charge in [-0.1, -0.05) is 6.92 Å². The number of carbonyl (C=O) groups excluding carboxylic acids is 1. The van der Waals surface area contributed by atoms with E-state index in [1.54, 1.807) is 0 Å². The third-order valence-electron chi connectivity index (χ3n) is 4.60. The fraction of sp³-hybridized carbons (Fsp3) is 0.500. The van der Waals surface area contributed by atoms with Gasteiger partial charge in [0.25, 0.3) is 5.91 Å². The van der Waals surface area contributed by atoms with E-state index in [-0.39, 0.29) is 36.8 Å². The van der Waals surface area contributed by atoms with Crippen LogP contribution in [0.5, 0.6) is 5.75 Å². The second-order valence-electron chi connectivity index (χ2n) is 6.54. The van der Waals surface area contributed by atoms with E-state index in [9.17, 15) is 4.79 Å².